The summed E-state index contributed by atoms with van der Waals surface area (Å²) in [4.78, 5) is 20.8. The molecule has 1 aromatic rings. The van der Waals surface area contributed by atoms with E-state index in [0.29, 0.717) is 12.0 Å². The highest BCUT2D eigenvalue weighted by Gasteiger charge is 2.26. The van der Waals surface area contributed by atoms with Gasteiger partial charge in [0.25, 0.3) is 0 Å². The fraction of sp³-hybridized carbons (Fsp3) is 0.647. The molecule has 3 rings (SSSR count). The fourth-order valence-corrected chi connectivity index (χ4v) is 3.50. The van der Waals surface area contributed by atoms with Gasteiger partial charge in [-0.2, -0.15) is 0 Å². The Morgan fingerprint density at radius 1 is 1.14 bits per heavy atom. The van der Waals surface area contributed by atoms with Crippen molar-refractivity contribution in [3.05, 3.63) is 24.5 Å². The van der Waals surface area contributed by atoms with E-state index in [1.165, 1.54) is 24.9 Å². The van der Waals surface area contributed by atoms with E-state index in [2.05, 4.69) is 22.1 Å². The molecule has 1 aliphatic heterocycles. The van der Waals surface area contributed by atoms with Gasteiger partial charge >= 0.3 is 6.03 Å². The maximum atomic E-state index is 12.4. The summed E-state index contributed by atoms with van der Waals surface area (Å²) >= 11 is 0. The van der Waals surface area contributed by atoms with Crippen LogP contribution in [0.25, 0.3) is 0 Å². The number of anilines is 1. The zero-order chi connectivity index (χ0) is 15.4. The third-order valence-corrected chi connectivity index (χ3v) is 5.02. The number of amides is 2. The molecule has 0 bridgehead atoms. The summed E-state index contributed by atoms with van der Waals surface area (Å²) < 4.78 is 0. The van der Waals surface area contributed by atoms with Crippen molar-refractivity contribution in [3.8, 4) is 0 Å². The van der Waals surface area contributed by atoms with E-state index in [0.717, 1.165) is 32.6 Å². The van der Waals surface area contributed by atoms with E-state index >= 15 is 0 Å². The molecular formula is C17H26N4O. The Kier molecular flexibility index (Phi) is 4.80. The highest BCUT2D eigenvalue weighted by Crippen LogP contribution is 2.24. The number of carbonyl (C=O) groups excluding carboxylic acids is 1. The summed E-state index contributed by atoms with van der Waals surface area (Å²) in [6.45, 7) is 5.60. The first-order chi connectivity index (χ1) is 10.7. The van der Waals surface area contributed by atoms with Crippen molar-refractivity contribution in [1.29, 1.82) is 0 Å². The van der Waals surface area contributed by atoms with Crippen molar-refractivity contribution in [3.63, 3.8) is 0 Å². The molecular weight excluding hydrogens is 276 g/mol. The van der Waals surface area contributed by atoms with Gasteiger partial charge in [0.1, 0.15) is 0 Å². The van der Waals surface area contributed by atoms with Gasteiger partial charge in [-0.3, -0.25) is 4.98 Å². The number of hydrogen-bond acceptors (Lipinski definition) is 3. The van der Waals surface area contributed by atoms with E-state index < -0.39 is 0 Å². The number of piperazine rings is 1. The summed E-state index contributed by atoms with van der Waals surface area (Å²) in [6, 6.07) is 4.53. The fourth-order valence-electron chi connectivity index (χ4n) is 3.50. The van der Waals surface area contributed by atoms with Crippen LogP contribution in [-0.2, 0) is 0 Å². The molecule has 0 aromatic carbocycles. The molecule has 1 N–H and O–H groups in total. The number of urea groups is 1. The van der Waals surface area contributed by atoms with Gasteiger partial charge in [0.15, 0.2) is 0 Å². The minimum absolute atomic E-state index is 0.119. The van der Waals surface area contributed by atoms with Crippen LogP contribution >= 0.6 is 0 Å². The van der Waals surface area contributed by atoms with E-state index in [4.69, 9.17) is 0 Å². The molecule has 1 saturated heterocycles. The van der Waals surface area contributed by atoms with Gasteiger partial charge in [0.05, 0.1) is 0 Å². The predicted octanol–water partition coefficient (Wildman–Crippen LogP) is 2.49. The van der Waals surface area contributed by atoms with Crippen molar-refractivity contribution in [2.75, 3.05) is 31.1 Å². The van der Waals surface area contributed by atoms with Crippen molar-refractivity contribution >= 4 is 11.7 Å². The van der Waals surface area contributed by atoms with Crippen LogP contribution in [0.1, 0.15) is 32.6 Å². The average molecular weight is 302 g/mol. The second kappa shape index (κ2) is 6.99. The van der Waals surface area contributed by atoms with Crippen LogP contribution in [0.2, 0.25) is 0 Å². The first-order valence-electron chi connectivity index (χ1n) is 8.44. The summed E-state index contributed by atoms with van der Waals surface area (Å²) in [5.41, 5.74) is 1.19. The second-order valence-corrected chi connectivity index (χ2v) is 6.50. The van der Waals surface area contributed by atoms with E-state index in [1.807, 2.05) is 29.4 Å². The van der Waals surface area contributed by atoms with Crippen LogP contribution in [0, 0.1) is 5.92 Å². The van der Waals surface area contributed by atoms with Crippen LogP contribution in [0.5, 0.6) is 0 Å². The molecule has 2 atom stereocenters. The van der Waals surface area contributed by atoms with Gasteiger partial charge < -0.3 is 15.1 Å². The molecule has 1 saturated carbocycles. The van der Waals surface area contributed by atoms with Crippen molar-refractivity contribution in [1.82, 2.24) is 15.2 Å². The first-order valence-corrected chi connectivity index (χ1v) is 8.44. The Morgan fingerprint density at radius 3 is 2.50 bits per heavy atom. The molecule has 2 heterocycles. The molecule has 2 amide bonds. The number of hydrogen-bond donors (Lipinski definition) is 1. The molecule has 2 aliphatic rings. The van der Waals surface area contributed by atoms with Crippen molar-refractivity contribution < 1.29 is 4.79 Å². The van der Waals surface area contributed by atoms with E-state index in [1.54, 1.807) is 0 Å². The van der Waals surface area contributed by atoms with E-state index in [9.17, 15) is 4.79 Å². The Balaban J connectivity index is 1.49. The summed E-state index contributed by atoms with van der Waals surface area (Å²) in [5, 5.41) is 3.25. The van der Waals surface area contributed by atoms with E-state index in [-0.39, 0.29) is 6.03 Å². The molecule has 1 aromatic heterocycles. The normalized spacial score (nSPS) is 25.9. The van der Waals surface area contributed by atoms with Crippen LogP contribution in [0.15, 0.2) is 24.5 Å². The molecule has 5 heteroatoms. The summed E-state index contributed by atoms with van der Waals surface area (Å²) in [5.74, 6) is 0.607. The molecule has 22 heavy (non-hydrogen) atoms. The zero-order valence-corrected chi connectivity index (χ0v) is 13.4. The number of carbonyl (C=O) groups is 1. The minimum atomic E-state index is 0.119. The van der Waals surface area contributed by atoms with Gasteiger partial charge in [0, 0.05) is 50.3 Å². The predicted molar refractivity (Wildman–Crippen MR) is 88.0 cm³/mol. The average Bonchev–Trinajstić information content (AvgIpc) is 2.58. The molecule has 0 radical (unpaired) electrons. The molecule has 0 spiro atoms. The number of rotatable bonds is 2. The Bertz CT molecular complexity index is 485. The Hall–Kier alpha value is -1.78. The zero-order valence-electron chi connectivity index (χ0n) is 13.4. The van der Waals surface area contributed by atoms with Crippen LogP contribution in [0.3, 0.4) is 0 Å². The van der Waals surface area contributed by atoms with Gasteiger partial charge in [-0.25, -0.2) is 4.79 Å². The number of nitrogens with zero attached hydrogens (tertiary/aromatic N) is 3. The number of nitrogens with one attached hydrogen (secondary N) is 1. The Labute approximate surface area is 132 Å². The first kappa shape index (κ1) is 15.1. The topological polar surface area (TPSA) is 48.5 Å². The van der Waals surface area contributed by atoms with Crippen LogP contribution in [0.4, 0.5) is 10.5 Å². The monoisotopic (exact) mass is 302 g/mol. The lowest BCUT2D eigenvalue weighted by molar-refractivity contribution is 0.179. The lowest BCUT2D eigenvalue weighted by Crippen LogP contribution is -2.54. The standard InChI is InChI=1S/C17H26N4O/c1-14-4-2-3-5-16(14)19-17(22)21-12-10-20(11-13-21)15-6-8-18-9-7-15/h6-9,14,16H,2-5,10-13H2,1H3,(H,19,22). The minimum Gasteiger partial charge on any atom is -0.368 e. The highest BCUT2D eigenvalue weighted by atomic mass is 16.2. The molecule has 1 aliphatic carbocycles. The summed E-state index contributed by atoms with van der Waals surface area (Å²) in [6.07, 6.45) is 8.55. The van der Waals surface area contributed by atoms with Crippen molar-refractivity contribution in [2.24, 2.45) is 5.92 Å². The molecule has 5 nitrogen and oxygen atoms in total. The third kappa shape index (κ3) is 3.51. The number of pyridine rings is 1. The van der Waals surface area contributed by atoms with Crippen molar-refractivity contribution in [2.45, 2.75) is 38.6 Å². The second-order valence-electron chi connectivity index (χ2n) is 6.50. The van der Waals surface area contributed by atoms with Gasteiger partial charge in [-0.15, -0.1) is 0 Å². The largest absolute Gasteiger partial charge is 0.368 e. The molecule has 120 valence electrons. The Morgan fingerprint density at radius 2 is 1.82 bits per heavy atom. The molecule has 2 fully saturated rings. The third-order valence-electron chi connectivity index (χ3n) is 5.02. The number of aromatic nitrogens is 1. The maximum Gasteiger partial charge on any atom is 0.317 e. The quantitative estimate of drug-likeness (QED) is 0.913. The van der Waals surface area contributed by atoms with Gasteiger partial charge in [-0.1, -0.05) is 19.8 Å². The lowest BCUT2D eigenvalue weighted by atomic mass is 9.86. The smallest absolute Gasteiger partial charge is 0.317 e. The SMILES string of the molecule is CC1CCCCC1NC(=O)N1CCN(c2ccncc2)CC1. The summed E-state index contributed by atoms with van der Waals surface area (Å²) in [7, 11) is 0. The van der Waals surface area contributed by atoms with Crippen LogP contribution in [-0.4, -0.2) is 48.1 Å². The highest BCUT2D eigenvalue weighted by molar-refractivity contribution is 5.75. The van der Waals surface area contributed by atoms with Gasteiger partial charge in [0.2, 0.25) is 0 Å². The molecule has 2 unspecified atom stereocenters. The maximum absolute atomic E-state index is 12.4. The van der Waals surface area contributed by atoms with Gasteiger partial charge in [-0.05, 0) is 30.9 Å². The van der Waals surface area contributed by atoms with Crippen LogP contribution < -0.4 is 10.2 Å². The lowest BCUT2D eigenvalue weighted by Gasteiger charge is -2.38.